The van der Waals surface area contributed by atoms with Gasteiger partial charge in [0.15, 0.2) is 0 Å². The van der Waals surface area contributed by atoms with Crippen molar-refractivity contribution in [3.8, 4) is 0 Å². The Bertz CT molecular complexity index is 453. The summed E-state index contributed by atoms with van der Waals surface area (Å²) in [5, 5.41) is 3.57. The highest BCUT2D eigenvalue weighted by atomic mass is 79.9. The maximum absolute atomic E-state index is 3.60. The Morgan fingerprint density at radius 2 is 1.95 bits per heavy atom. The second-order valence-electron chi connectivity index (χ2n) is 6.49. The van der Waals surface area contributed by atoms with Gasteiger partial charge < -0.3 is 5.32 Å². The Balaban J connectivity index is 2.91. The van der Waals surface area contributed by atoms with Gasteiger partial charge in [-0.25, -0.2) is 0 Å². The number of hydrogen-bond donors (Lipinski definition) is 1. The van der Waals surface area contributed by atoms with Gasteiger partial charge in [0.25, 0.3) is 0 Å². The Hall–Kier alpha value is -0.600. The highest BCUT2D eigenvalue weighted by Gasteiger charge is 2.11. The van der Waals surface area contributed by atoms with E-state index in [-0.39, 0.29) is 5.54 Å². The number of benzene rings is 1. The maximum Gasteiger partial charge on any atom is 0.0210 e. The molecule has 106 valence electrons. The molecule has 0 aliphatic heterocycles. The molecule has 1 N–H and O–H groups in total. The Kier molecular flexibility index (Phi) is 5.82. The zero-order valence-corrected chi connectivity index (χ0v) is 14.6. The minimum atomic E-state index is 0.155. The average Bonchev–Trinajstić information content (AvgIpc) is 2.27. The number of halogens is 1. The molecule has 0 atom stereocenters. The van der Waals surface area contributed by atoms with E-state index in [0.717, 1.165) is 6.54 Å². The summed E-state index contributed by atoms with van der Waals surface area (Å²) < 4.78 is 1.17. The molecule has 0 heterocycles. The lowest BCUT2D eigenvalue weighted by Crippen LogP contribution is -2.37. The molecule has 0 spiro atoms. The van der Waals surface area contributed by atoms with E-state index in [1.807, 2.05) is 0 Å². The van der Waals surface area contributed by atoms with Crippen LogP contribution in [0.1, 0.15) is 45.7 Å². The molecule has 0 aromatic heterocycles. The SMILES string of the molecule is Cc1ccc(/C=C(\CNC(C)(C)C)C(C)C)cc1Br. The third kappa shape index (κ3) is 5.92. The van der Waals surface area contributed by atoms with Crippen molar-refractivity contribution in [2.45, 2.75) is 47.1 Å². The first-order valence-electron chi connectivity index (χ1n) is 6.90. The predicted molar refractivity (Wildman–Crippen MR) is 89.4 cm³/mol. The first kappa shape index (κ1) is 16.5. The van der Waals surface area contributed by atoms with Gasteiger partial charge in [-0.05, 0) is 50.8 Å². The third-order valence-corrected chi connectivity index (χ3v) is 3.97. The van der Waals surface area contributed by atoms with Gasteiger partial charge in [0.1, 0.15) is 0 Å². The lowest BCUT2D eigenvalue weighted by Gasteiger charge is -2.23. The van der Waals surface area contributed by atoms with Crippen LogP contribution >= 0.6 is 15.9 Å². The van der Waals surface area contributed by atoms with Crippen molar-refractivity contribution >= 4 is 22.0 Å². The smallest absolute Gasteiger partial charge is 0.0210 e. The molecule has 1 aromatic rings. The lowest BCUT2D eigenvalue weighted by atomic mass is 9.98. The van der Waals surface area contributed by atoms with Crippen LogP contribution in [0.3, 0.4) is 0 Å². The van der Waals surface area contributed by atoms with E-state index in [1.165, 1.54) is 21.2 Å². The third-order valence-electron chi connectivity index (χ3n) is 3.11. The average molecular weight is 324 g/mol. The molecular formula is C17H26BrN. The van der Waals surface area contributed by atoms with Gasteiger partial charge in [-0.3, -0.25) is 0 Å². The van der Waals surface area contributed by atoms with Crippen LogP contribution in [0, 0.1) is 12.8 Å². The molecule has 0 unspecified atom stereocenters. The van der Waals surface area contributed by atoms with Crippen LogP contribution in [0.4, 0.5) is 0 Å². The van der Waals surface area contributed by atoms with Crippen LogP contribution in [0.2, 0.25) is 0 Å². The van der Waals surface area contributed by atoms with Crippen LogP contribution in [0.25, 0.3) is 6.08 Å². The van der Waals surface area contributed by atoms with E-state index in [1.54, 1.807) is 0 Å². The molecule has 19 heavy (non-hydrogen) atoms. The van der Waals surface area contributed by atoms with Gasteiger partial charge in [-0.1, -0.05) is 53.6 Å². The van der Waals surface area contributed by atoms with Crippen LogP contribution in [-0.4, -0.2) is 12.1 Å². The minimum absolute atomic E-state index is 0.155. The molecule has 0 bridgehead atoms. The fourth-order valence-corrected chi connectivity index (χ4v) is 2.10. The second kappa shape index (κ2) is 6.71. The van der Waals surface area contributed by atoms with E-state index in [2.05, 4.69) is 87.1 Å². The molecule has 0 amide bonds. The van der Waals surface area contributed by atoms with E-state index in [4.69, 9.17) is 0 Å². The van der Waals surface area contributed by atoms with Crippen LogP contribution < -0.4 is 5.32 Å². The van der Waals surface area contributed by atoms with Gasteiger partial charge in [-0.2, -0.15) is 0 Å². The number of rotatable bonds is 4. The topological polar surface area (TPSA) is 12.0 Å². The van der Waals surface area contributed by atoms with E-state index < -0.39 is 0 Å². The highest BCUT2D eigenvalue weighted by Crippen LogP contribution is 2.21. The van der Waals surface area contributed by atoms with Crippen LogP contribution in [0.5, 0.6) is 0 Å². The number of hydrogen-bond acceptors (Lipinski definition) is 1. The molecule has 2 heteroatoms. The predicted octanol–water partition coefficient (Wildman–Crippen LogP) is 5.19. The summed E-state index contributed by atoms with van der Waals surface area (Å²) in [4.78, 5) is 0. The zero-order chi connectivity index (χ0) is 14.6. The molecule has 0 aliphatic carbocycles. The van der Waals surface area contributed by atoms with Crippen molar-refractivity contribution in [1.82, 2.24) is 5.32 Å². The van der Waals surface area contributed by atoms with Gasteiger partial charge in [-0.15, -0.1) is 0 Å². The molecule has 1 nitrogen and oxygen atoms in total. The Morgan fingerprint density at radius 3 is 2.42 bits per heavy atom. The van der Waals surface area contributed by atoms with Gasteiger partial charge in [0.2, 0.25) is 0 Å². The first-order chi connectivity index (χ1) is 8.69. The fourth-order valence-electron chi connectivity index (χ4n) is 1.70. The summed E-state index contributed by atoms with van der Waals surface area (Å²) in [7, 11) is 0. The summed E-state index contributed by atoms with van der Waals surface area (Å²) in [6, 6.07) is 6.53. The Morgan fingerprint density at radius 1 is 1.32 bits per heavy atom. The van der Waals surface area contributed by atoms with Crippen molar-refractivity contribution in [2.24, 2.45) is 5.92 Å². The van der Waals surface area contributed by atoms with Crippen molar-refractivity contribution in [3.63, 3.8) is 0 Å². The lowest BCUT2D eigenvalue weighted by molar-refractivity contribution is 0.437. The van der Waals surface area contributed by atoms with E-state index >= 15 is 0 Å². The second-order valence-corrected chi connectivity index (χ2v) is 7.34. The van der Waals surface area contributed by atoms with Crippen LogP contribution in [0.15, 0.2) is 28.2 Å². The molecule has 0 aliphatic rings. The molecule has 0 saturated carbocycles. The molecule has 0 fully saturated rings. The standard InChI is InChI=1S/C17H26BrN/c1-12(2)15(11-19-17(4,5)6)9-14-8-7-13(3)16(18)10-14/h7-10,12,19H,11H2,1-6H3/b15-9+. The largest absolute Gasteiger partial charge is 0.308 e. The maximum atomic E-state index is 3.60. The van der Waals surface area contributed by atoms with Gasteiger partial charge in [0, 0.05) is 16.6 Å². The minimum Gasteiger partial charge on any atom is -0.308 e. The quantitative estimate of drug-likeness (QED) is 0.804. The van der Waals surface area contributed by atoms with Crippen LogP contribution in [-0.2, 0) is 0 Å². The van der Waals surface area contributed by atoms with E-state index in [0.29, 0.717) is 5.92 Å². The summed E-state index contributed by atoms with van der Waals surface area (Å²) in [5.41, 5.74) is 4.13. The molecular weight excluding hydrogens is 298 g/mol. The highest BCUT2D eigenvalue weighted by molar-refractivity contribution is 9.10. The van der Waals surface area contributed by atoms with E-state index in [9.17, 15) is 0 Å². The molecule has 1 rings (SSSR count). The summed E-state index contributed by atoms with van der Waals surface area (Å²) in [6.45, 7) is 14.2. The molecule has 0 radical (unpaired) electrons. The number of aryl methyl sites for hydroxylation is 1. The van der Waals surface area contributed by atoms with Gasteiger partial charge >= 0.3 is 0 Å². The van der Waals surface area contributed by atoms with Crippen molar-refractivity contribution in [3.05, 3.63) is 39.4 Å². The zero-order valence-electron chi connectivity index (χ0n) is 13.0. The summed E-state index contributed by atoms with van der Waals surface area (Å²) in [5.74, 6) is 0.551. The molecule has 1 aromatic carbocycles. The summed E-state index contributed by atoms with van der Waals surface area (Å²) in [6.07, 6.45) is 2.30. The summed E-state index contributed by atoms with van der Waals surface area (Å²) >= 11 is 3.60. The first-order valence-corrected chi connectivity index (χ1v) is 7.70. The molecule has 0 saturated heterocycles. The van der Waals surface area contributed by atoms with Crippen molar-refractivity contribution in [2.75, 3.05) is 6.54 Å². The fraction of sp³-hybridized carbons (Fsp3) is 0.529. The number of nitrogens with one attached hydrogen (secondary N) is 1. The monoisotopic (exact) mass is 323 g/mol. The van der Waals surface area contributed by atoms with Crippen molar-refractivity contribution < 1.29 is 0 Å². The normalized spacial score (nSPS) is 13.2. The van der Waals surface area contributed by atoms with Gasteiger partial charge in [0.05, 0.1) is 0 Å². The van der Waals surface area contributed by atoms with Crippen molar-refractivity contribution in [1.29, 1.82) is 0 Å². The Labute approximate surface area is 126 Å².